The fourth-order valence-electron chi connectivity index (χ4n) is 3.88. The van der Waals surface area contributed by atoms with Crippen molar-refractivity contribution in [2.45, 2.75) is 24.2 Å². The maximum absolute atomic E-state index is 12.9. The van der Waals surface area contributed by atoms with Gasteiger partial charge in [0.1, 0.15) is 5.69 Å². The smallest absolute Gasteiger partial charge is 0.270 e. The average Bonchev–Trinajstić information content (AvgIpc) is 3.05. The molecule has 1 amide bonds. The number of fused-ring (bicyclic) bond motifs is 1. The van der Waals surface area contributed by atoms with Crippen molar-refractivity contribution in [3.63, 3.8) is 0 Å². The number of rotatable bonds is 3. The van der Waals surface area contributed by atoms with Crippen LogP contribution >= 0.6 is 0 Å². The molecule has 0 unspecified atom stereocenters. The summed E-state index contributed by atoms with van der Waals surface area (Å²) in [6.07, 6.45) is 2.90. The van der Waals surface area contributed by atoms with Crippen molar-refractivity contribution in [1.82, 2.24) is 13.8 Å². The van der Waals surface area contributed by atoms with Crippen LogP contribution in [0.15, 0.2) is 29.2 Å². The van der Waals surface area contributed by atoms with E-state index in [4.69, 9.17) is 4.74 Å². The number of piperidine rings is 1. The Hall–Kier alpha value is -1.90. The third kappa shape index (κ3) is 3.37. The molecule has 3 heterocycles. The van der Waals surface area contributed by atoms with Gasteiger partial charge in [-0.05, 0) is 37.1 Å². The fourth-order valence-corrected chi connectivity index (χ4v) is 5.43. The molecule has 2 saturated heterocycles. The standard InChI is InChI=1S/C19H25N3O4S/c1-20-17-6-5-16(27(24,25)22-7-3-2-4-8-22)13-15(17)14-18(20)19(23)21-9-11-26-12-10-21/h5-6,13-14H,2-4,7-12H2,1H3. The van der Waals surface area contributed by atoms with E-state index in [1.165, 1.54) is 0 Å². The zero-order chi connectivity index (χ0) is 19.0. The number of nitrogens with zero attached hydrogens (tertiary/aromatic N) is 3. The van der Waals surface area contributed by atoms with Crippen LogP contribution in [0.2, 0.25) is 0 Å². The molecule has 2 aliphatic heterocycles. The zero-order valence-electron chi connectivity index (χ0n) is 15.6. The van der Waals surface area contributed by atoms with Crippen molar-refractivity contribution in [1.29, 1.82) is 0 Å². The molecule has 0 atom stereocenters. The Morgan fingerprint density at radius 3 is 2.41 bits per heavy atom. The van der Waals surface area contributed by atoms with Crippen LogP contribution in [0.25, 0.3) is 10.9 Å². The number of carbonyl (C=O) groups excluding carboxylic acids is 1. The van der Waals surface area contributed by atoms with Crippen molar-refractivity contribution >= 4 is 26.8 Å². The first-order valence-electron chi connectivity index (χ1n) is 9.45. The first kappa shape index (κ1) is 18.5. The summed E-state index contributed by atoms with van der Waals surface area (Å²) in [6.45, 7) is 3.41. The Balaban J connectivity index is 1.68. The number of hydrogen-bond acceptors (Lipinski definition) is 4. The van der Waals surface area contributed by atoms with Crippen LogP contribution < -0.4 is 0 Å². The lowest BCUT2D eigenvalue weighted by atomic mass is 10.2. The van der Waals surface area contributed by atoms with Gasteiger partial charge in [-0.2, -0.15) is 4.31 Å². The number of amides is 1. The number of aromatic nitrogens is 1. The maximum Gasteiger partial charge on any atom is 0.270 e. The molecule has 27 heavy (non-hydrogen) atoms. The Kier molecular flexibility index (Phi) is 4.96. The van der Waals surface area contributed by atoms with Crippen LogP contribution in [-0.4, -0.2) is 67.5 Å². The molecular weight excluding hydrogens is 366 g/mol. The number of aryl methyl sites for hydroxylation is 1. The van der Waals surface area contributed by atoms with Crippen LogP contribution in [0, 0.1) is 0 Å². The summed E-state index contributed by atoms with van der Waals surface area (Å²) in [7, 11) is -1.64. The molecule has 2 aromatic rings. The summed E-state index contributed by atoms with van der Waals surface area (Å²) in [6, 6.07) is 6.93. The molecule has 7 nitrogen and oxygen atoms in total. The van der Waals surface area contributed by atoms with E-state index < -0.39 is 10.0 Å². The highest BCUT2D eigenvalue weighted by Gasteiger charge is 2.27. The van der Waals surface area contributed by atoms with Gasteiger partial charge in [0.15, 0.2) is 0 Å². The van der Waals surface area contributed by atoms with Crippen LogP contribution in [0.4, 0.5) is 0 Å². The minimum atomic E-state index is -3.49. The van der Waals surface area contributed by atoms with Gasteiger partial charge in [0.05, 0.1) is 18.1 Å². The van der Waals surface area contributed by atoms with Crippen LogP contribution in [0.3, 0.4) is 0 Å². The predicted molar refractivity (Wildman–Crippen MR) is 102 cm³/mol. The van der Waals surface area contributed by atoms with Gasteiger partial charge < -0.3 is 14.2 Å². The quantitative estimate of drug-likeness (QED) is 0.800. The van der Waals surface area contributed by atoms with Gasteiger partial charge in [0.2, 0.25) is 10.0 Å². The van der Waals surface area contributed by atoms with Gasteiger partial charge in [-0.15, -0.1) is 0 Å². The second kappa shape index (κ2) is 7.26. The van der Waals surface area contributed by atoms with E-state index in [2.05, 4.69) is 0 Å². The molecule has 0 saturated carbocycles. The highest BCUT2D eigenvalue weighted by atomic mass is 32.2. The summed E-state index contributed by atoms with van der Waals surface area (Å²) in [5, 5.41) is 0.771. The van der Waals surface area contributed by atoms with Gasteiger partial charge in [-0.3, -0.25) is 4.79 Å². The number of sulfonamides is 1. The lowest BCUT2D eigenvalue weighted by Crippen LogP contribution is -2.41. The second-order valence-electron chi connectivity index (χ2n) is 7.18. The molecule has 8 heteroatoms. The maximum atomic E-state index is 12.9. The largest absolute Gasteiger partial charge is 0.378 e. The Bertz CT molecular complexity index is 955. The summed E-state index contributed by atoms with van der Waals surface area (Å²) in [5.41, 5.74) is 1.42. The highest BCUT2D eigenvalue weighted by Crippen LogP contribution is 2.26. The van der Waals surface area contributed by atoms with Crippen LogP contribution in [0.5, 0.6) is 0 Å². The molecular formula is C19H25N3O4S. The summed E-state index contributed by atoms with van der Waals surface area (Å²) < 4.78 is 34.6. The average molecular weight is 391 g/mol. The van der Waals surface area contributed by atoms with Crippen molar-refractivity contribution < 1.29 is 17.9 Å². The Labute approximate surface area is 159 Å². The first-order chi connectivity index (χ1) is 13.0. The van der Waals surface area contributed by atoms with Gasteiger partial charge in [0, 0.05) is 44.1 Å². The summed E-state index contributed by atoms with van der Waals surface area (Å²) in [5.74, 6) is -0.0440. The van der Waals surface area contributed by atoms with Crippen molar-refractivity contribution in [3.8, 4) is 0 Å². The molecule has 2 aliphatic rings. The molecule has 1 aromatic carbocycles. The number of carbonyl (C=O) groups is 1. The normalized spacial score (nSPS) is 19.5. The van der Waals surface area contributed by atoms with Crippen LogP contribution in [0.1, 0.15) is 29.8 Å². The zero-order valence-corrected chi connectivity index (χ0v) is 16.4. The van der Waals surface area contributed by atoms with Crippen LogP contribution in [-0.2, 0) is 21.8 Å². The number of ether oxygens (including phenoxy) is 1. The van der Waals surface area contributed by atoms with Gasteiger partial charge in [-0.25, -0.2) is 8.42 Å². The molecule has 0 aliphatic carbocycles. The molecule has 0 N–H and O–H groups in total. The van der Waals surface area contributed by atoms with E-state index in [1.807, 2.05) is 11.6 Å². The van der Waals surface area contributed by atoms with E-state index in [0.717, 1.165) is 30.2 Å². The molecule has 4 rings (SSSR count). The van der Waals surface area contributed by atoms with Gasteiger partial charge in [0.25, 0.3) is 5.91 Å². The third-order valence-electron chi connectivity index (χ3n) is 5.48. The van der Waals surface area contributed by atoms with E-state index >= 15 is 0 Å². The predicted octanol–water partition coefficient (Wildman–Crippen LogP) is 1.83. The molecule has 1 aromatic heterocycles. The minimum absolute atomic E-state index is 0.0440. The van der Waals surface area contributed by atoms with E-state index in [1.54, 1.807) is 33.5 Å². The van der Waals surface area contributed by atoms with Gasteiger partial charge in [-0.1, -0.05) is 6.42 Å². The molecule has 0 spiro atoms. The third-order valence-corrected chi connectivity index (χ3v) is 7.38. The fraction of sp³-hybridized carbons (Fsp3) is 0.526. The Morgan fingerprint density at radius 1 is 1.00 bits per heavy atom. The summed E-state index contributed by atoms with van der Waals surface area (Å²) >= 11 is 0. The number of hydrogen-bond donors (Lipinski definition) is 0. The molecule has 0 bridgehead atoms. The molecule has 0 radical (unpaired) electrons. The number of morpholine rings is 1. The van der Waals surface area contributed by atoms with Gasteiger partial charge >= 0.3 is 0 Å². The number of benzene rings is 1. The highest BCUT2D eigenvalue weighted by molar-refractivity contribution is 7.89. The molecule has 2 fully saturated rings. The lowest BCUT2D eigenvalue weighted by Gasteiger charge is -2.26. The minimum Gasteiger partial charge on any atom is -0.378 e. The lowest BCUT2D eigenvalue weighted by molar-refractivity contribution is 0.0297. The van der Waals surface area contributed by atoms with E-state index in [9.17, 15) is 13.2 Å². The topological polar surface area (TPSA) is 71.8 Å². The monoisotopic (exact) mass is 391 g/mol. The van der Waals surface area contributed by atoms with Crippen molar-refractivity contribution in [3.05, 3.63) is 30.0 Å². The van der Waals surface area contributed by atoms with Crippen molar-refractivity contribution in [2.24, 2.45) is 7.05 Å². The van der Waals surface area contributed by atoms with E-state index in [-0.39, 0.29) is 5.91 Å². The SMILES string of the molecule is Cn1c(C(=O)N2CCOCC2)cc2cc(S(=O)(=O)N3CCCCC3)ccc21. The van der Waals surface area contributed by atoms with Crippen molar-refractivity contribution in [2.75, 3.05) is 39.4 Å². The van der Waals surface area contributed by atoms with E-state index in [0.29, 0.717) is 50.0 Å². The second-order valence-corrected chi connectivity index (χ2v) is 9.12. The molecule has 146 valence electrons. The first-order valence-corrected chi connectivity index (χ1v) is 10.9. The summed E-state index contributed by atoms with van der Waals surface area (Å²) in [4.78, 5) is 14.9. The Morgan fingerprint density at radius 2 is 1.70 bits per heavy atom.